The van der Waals surface area contributed by atoms with Crippen LogP contribution in [0.25, 0.3) is 50.0 Å². The van der Waals surface area contributed by atoms with Crippen LogP contribution in [0.5, 0.6) is 11.5 Å². The van der Waals surface area contributed by atoms with Crippen molar-refractivity contribution in [3.63, 3.8) is 0 Å². The van der Waals surface area contributed by atoms with Crippen LogP contribution in [0.3, 0.4) is 0 Å². The molecule has 5 nitrogen and oxygen atoms in total. The molecule has 0 aliphatic carbocycles. The lowest BCUT2D eigenvalue weighted by molar-refractivity contribution is 0.411. The SMILES string of the molecule is [2H]C([2H])(c1cc(C(C)C)c(-n2c(-c3cc(Oc4cc(C5Nc6ccccc6N5c5c(C(C)C)cc(-c6ccc7ccccc7c6)cc5C(C)C)cc(C(C)(C)C)c4)cc(C(C)(C)C)c3)nc3ccccc32)c(C(C)C)c1)C(C)(C)C. The average Bonchev–Trinajstić information content (AvgIpc) is 4.00. The van der Waals surface area contributed by atoms with E-state index in [1.807, 2.05) is 20.8 Å². The second-order valence-electron chi connectivity index (χ2n) is 26.4. The maximum Gasteiger partial charge on any atom is 0.145 e. The molecule has 10 rings (SSSR count). The molecule has 1 atom stereocenters. The van der Waals surface area contributed by atoms with Crippen LogP contribution in [0.15, 0.2) is 152 Å². The van der Waals surface area contributed by atoms with Crippen LogP contribution in [-0.2, 0) is 17.2 Å². The minimum absolute atomic E-state index is 0.0954. The fourth-order valence-electron chi connectivity index (χ4n) is 11.4. The standard InChI is InChI=1S/C73H84N4O/c1-44(2)59-32-48(43-71(9,10)11)33-60(45(3)4)67(59)76-65-28-22-20-26-63(65)74-69(76)53-35-55(72(12,13)14)41-57(37-53)78-58-38-54(36-56(42-58)73(15,16)17)70-75-64-27-21-23-29-66(64)77(70)68-61(46(5)6)39-52(40-62(68)47(7)8)51-31-30-49-24-18-19-25-50(49)34-51/h18-42,44-47,70,75H,43H2,1-17H3/i43D2. The van der Waals surface area contributed by atoms with E-state index in [2.05, 4.69) is 263 Å². The third-order valence-corrected chi connectivity index (χ3v) is 15.5. The molecule has 0 bridgehead atoms. The van der Waals surface area contributed by atoms with E-state index in [-0.39, 0.29) is 40.7 Å². The third-order valence-electron chi connectivity index (χ3n) is 15.5. The van der Waals surface area contributed by atoms with Gasteiger partial charge in [0.05, 0.1) is 33.8 Å². The first-order valence-electron chi connectivity index (χ1n) is 29.6. The molecule has 0 saturated heterocycles. The number of hydrogen-bond donors (Lipinski definition) is 1. The highest BCUT2D eigenvalue weighted by Gasteiger charge is 2.36. The molecule has 0 saturated carbocycles. The Morgan fingerprint density at radius 2 is 1.08 bits per heavy atom. The molecule has 0 amide bonds. The number of anilines is 3. The fraction of sp³-hybridized carbons (Fsp3) is 0.356. The smallest absolute Gasteiger partial charge is 0.145 e. The van der Waals surface area contributed by atoms with Crippen LogP contribution >= 0.6 is 0 Å². The highest BCUT2D eigenvalue weighted by molar-refractivity contribution is 5.91. The summed E-state index contributed by atoms with van der Waals surface area (Å²) >= 11 is 0. The quantitative estimate of drug-likeness (QED) is 0.132. The van der Waals surface area contributed by atoms with Crippen LogP contribution < -0.4 is 15.0 Å². The normalized spacial score (nSPS) is 14.7. The number of ether oxygens (including phenoxy) is 1. The lowest BCUT2D eigenvalue weighted by Crippen LogP contribution is -2.27. The number of hydrogen-bond acceptors (Lipinski definition) is 4. The van der Waals surface area contributed by atoms with Crippen molar-refractivity contribution in [2.75, 3.05) is 10.2 Å². The van der Waals surface area contributed by atoms with Gasteiger partial charge in [0.25, 0.3) is 0 Å². The molecule has 5 heteroatoms. The highest BCUT2D eigenvalue weighted by Crippen LogP contribution is 2.53. The lowest BCUT2D eigenvalue weighted by atomic mass is 9.83. The van der Waals surface area contributed by atoms with Crippen LogP contribution in [0, 0.1) is 5.41 Å². The zero-order chi connectivity index (χ0) is 57.5. The summed E-state index contributed by atoms with van der Waals surface area (Å²) in [6.07, 6.45) is -1.81. The van der Waals surface area contributed by atoms with Gasteiger partial charge in [-0.3, -0.25) is 4.57 Å². The number of nitrogens with zero attached hydrogens (tertiary/aromatic N) is 3. The number of benzene rings is 8. The monoisotopic (exact) mass is 1030 g/mol. The maximum absolute atomic E-state index is 9.46. The summed E-state index contributed by atoms with van der Waals surface area (Å²) in [6.45, 7) is 37.8. The second-order valence-corrected chi connectivity index (χ2v) is 26.4. The van der Waals surface area contributed by atoms with Gasteiger partial charge in [-0.05, 0) is 185 Å². The summed E-state index contributed by atoms with van der Waals surface area (Å²) in [5, 5.41) is 6.53. The highest BCUT2D eigenvalue weighted by atomic mass is 16.5. The molecular weight excluding hydrogens is 949 g/mol. The number of aromatic nitrogens is 2. The van der Waals surface area contributed by atoms with Crippen molar-refractivity contribution < 1.29 is 7.48 Å². The van der Waals surface area contributed by atoms with Crippen LogP contribution in [0.1, 0.15) is 195 Å². The molecule has 0 fully saturated rings. The van der Waals surface area contributed by atoms with Gasteiger partial charge in [-0.1, -0.05) is 197 Å². The van der Waals surface area contributed by atoms with Crippen molar-refractivity contribution in [1.29, 1.82) is 0 Å². The molecule has 1 N–H and O–H groups in total. The molecule has 1 unspecified atom stereocenters. The summed E-state index contributed by atoms with van der Waals surface area (Å²) < 4.78 is 28.6. The molecule has 9 aromatic rings. The molecule has 0 radical (unpaired) electrons. The second kappa shape index (κ2) is 20.6. The summed E-state index contributed by atoms with van der Waals surface area (Å²) in [6, 6.07) is 55.3. The molecule has 402 valence electrons. The number of imidazole rings is 1. The average molecular weight is 1040 g/mol. The maximum atomic E-state index is 9.46. The van der Waals surface area contributed by atoms with Gasteiger partial charge < -0.3 is 15.0 Å². The topological polar surface area (TPSA) is 42.3 Å². The van der Waals surface area contributed by atoms with Crippen molar-refractivity contribution >= 4 is 38.9 Å². The van der Waals surface area contributed by atoms with Gasteiger partial charge in [-0.2, -0.15) is 0 Å². The Morgan fingerprint density at radius 1 is 0.526 bits per heavy atom. The van der Waals surface area contributed by atoms with E-state index >= 15 is 0 Å². The first kappa shape index (κ1) is 51.6. The van der Waals surface area contributed by atoms with Crippen LogP contribution in [0.2, 0.25) is 0 Å². The van der Waals surface area contributed by atoms with E-state index < -0.39 is 11.8 Å². The lowest BCUT2D eigenvalue weighted by Gasteiger charge is -2.34. The predicted molar refractivity (Wildman–Crippen MR) is 334 cm³/mol. The van der Waals surface area contributed by atoms with Crippen LogP contribution in [-0.4, -0.2) is 9.55 Å². The van der Waals surface area contributed by atoms with Crippen molar-refractivity contribution in [2.24, 2.45) is 5.41 Å². The van der Waals surface area contributed by atoms with Gasteiger partial charge in [0.1, 0.15) is 23.5 Å². The zero-order valence-electron chi connectivity index (χ0n) is 51.6. The summed E-state index contributed by atoms with van der Waals surface area (Å²) in [5.41, 5.74) is 17.8. The Hall–Kier alpha value is -7.11. The van der Waals surface area contributed by atoms with Gasteiger partial charge in [0.15, 0.2) is 0 Å². The Labute approximate surface area is 469 Å². The molecule has 1 aliphatic heterocycles. The largest absolute Gasteiger partial charge is 0.457 e. The van der Waals surface area contributed by atoms with Crippen molar-refractivity contribution in [3.05, 3.63) is 196 Å². The van der Waals surface area contributed by atoms with Gasteiger partial charge >= 0.3 is 0 Å². The minimum Gasteiger partial charge on any atom is -0.457 e. The first-order valence-corrected chi connectivity index (χ1v) is 28.6. The first-order chi connectivity index (χ1) is 37.6. The van der Waals surface area contributed by atoms with Crippen molar-refractivity contribution in [1.82, 2.24) is 9.55 Å². The van der Waals surface area contributed by atoms with Crippen LogP contribution in [0.4, 0.5) is 17.1 Å². The number of fused-ring (bicyclic) bond motifs is 3. The van der Waals surface area contributed by atoms with E-state index in [9.17, 15) is 2.74 Å². The summed E-state index contributed by atoms with van der Waals surface area (Å²) in [4.78, 5) is 8.07. The Kier molecular flexibility index (Phi) is 13.6. The summed E-state index contributed by atoms with van der Waals surface area (Å²) in [7, 11) is 0. The number of rotatable bonds is 12. The molecule has 0 spiro atoms. The Balaban J connectivity index is 1.14. The third kappa shape index (κ3) is 10.7. The molecule has 78 heavy (non-hydrogen) atoms. The van der Waals surface area contributed by atoms with Gasteiger partial charge in [-0.25, -0.2) is 4.98 Å². The molecular formula is C73H84N4O. The van der Waals surface area contributed by atoms with E-state index in [4.69, 9.17) is 9.72 Å². The van der Waals surface area contributed by atoms with Gasteiger partial charge in [0, 0.05) is 8.30 Å². The fourth-order valence-corrected chi connectivity index (χ4v) is 11.4. The van der Waals surface area contributed by atoms with E-state index in [1.54, 1.807) is 0 Å². The predicted octanol–water partition coefficient (Wildman–Crippen LogP) is 21.2. The van der Waals surface area contributed by atoms with E-state index in [0.717, 1.165) is 73.2 Å². The molecule has 1 aromatic heterocycles. The van der Waals surface area contributed by atoms with Gasteiger partial charge in [-0.15, -0.1) is 0 Å². The van der Waals surface area contributed by atoms with Crippen molar-refractivity contribution in [2.45, 2.75) is 165 Å². The Morgan fingerprint density at radius 3 is 1.69 bits per heavy atom. The van der Waals surface area contributed by atoms with E-state index in [1.165, 1.54) is 44.3 Å². The Bertz CT molecular complexity index is 3740. The molecule has 2 heterocycles. The number of para-hydroxylation sites is 4. The van der Waals surface area contributed by atoms with E-state index in [0.29, 0.717) is 5.56 Å². The molecule has 1 aliphatic rings. The minimum atomic E-state index is -1.56. The van der Waals surface area contributed by atoms with Crippen molar-refractivity contribution in [3.8, 4) is 39.7 Å². The summed E-state index contributed by atoms with van der Waals surface area (Å²) in [5.74, 6) is 2.98. The molecule has 8 aromatic carbocycles. The number of nitrogens with one attached hydrogen (secondary N) is 1. The van der Waals surface area contributed by atoms with Gasteiger partial charge in [0.2, 0.25) is 0 Å². The zero-order valence-corrected chi connectivity index (χ0v) is 49.6.